The van der Waals surface area contributed by atoms with Gasteiger partial charge in [0.1, 0.15) is 12.7 Å². The van der Waals surface area contributed by atoms with Gasteiger partial charge < -0.3 is 0 Å². The van der Waals surface area contributed by atoms with Gasteiger partial charge in [0.2, 0.25) is 0 Å². The van der Waals surface area contributed by atoms with Crippen molar-refractivity contribution in [2.75, 3.05) is 0 Å². The number of H-pyrrole nitrogens is 2. The molecule has 0 fully saturated rings. The van der Waals surface area contributed by atoms with Crippen LogP contribution in [-0.4, -0.2) is 30.4 Å². The third-order valence-corrected chi connectivity index (χ3v) is 4.46. The lowest BCUT2D eigenvalue weighted by molar-refractivity contribution is 0.972. The molecule has 3 rings (SSSR count). The molecule has 0 radical (unpaired) electrons. The lowest BCUT2D eigenvalue weighted by Gasteiger charge is -2.02. The molecule has 0 saturated carbocycles. The van der Waals surface area contributed by atoms with Crippen LogP contribution in [0.15, 0.2) is 47.2 Å². The monoisotopic (exact) mass is 304 g/mol. The van der Waals surface area contributed by atoms with Crippen molar-refractivity contribution in [3.8, 4) is 0 Å². The third-order valence-electron chi connectivity index (χ3n) is 2.56. The van der Waals surface area contributed by atoms with Crippen LogP contribution < -0.4 is 0 Å². The van der Waals surface area contributed by atoms with Gasteiger partial charge in [-0.2, -0.15) is 10.2 Å². The van der Waals surface area contributed by atoms with Crippen LogP contribution in [0.1, 0.15) is 11.1 Å². The number of thioether (sulfide) groups is 2. The molecular weight excluding hydrogens is 292 g/mol. The summed E-state index contributed by atoms with van der Waals surface area (Å²) in [6, 6.07) is 8.55. The highest BCUT2D eigenvalue weighted by molar-refractivity contribution is 7.98. The zero-order valence-corrected chi connectivity index (χ0v) is 12.1. The molecule has 6 nitrogen and oxygen atoms in total. The van der Waals surface area contributed by atoms with E-state index >= 15 is 0 Å². The molecule has 0 unspecified atom stereocenters. The molecule has 0 atom stereocenters. The van der Waals surface area contributed by atoms with Gasteiger partial charge in [0, 0.05) is 11.5 Å². The van der Waals surface area contributed by atoms with Gasteiger partial charge in [-0.15, -0.1) is 0 Å². The molecule has 20 heavy (non-hydrogen) atoms. The summed E-state index contributed by atoms with van der Waals surface area (Å²) in [6.07, 6.45) is 3.04. The quantitative estimate of drug-likeness (QED) is 0.681. The number of rotatable bonds is 6. The number of hydrogen-bond donors (Lipinski definition) is 2. The van der Waals surface area contributed by atoms with Crippen molar-refractivity contribution in [1.29, 1.82) is 0 Å². The average Bonchev–Trinajstić information content (AvgIpc) is 3.17. The molecule has 102 valence electrons. The number of nitrogens with zero attached hydrogens (tertiary/aromatic N) is 4. The van der Waals surface area contributed by atoms with Crippen molar-refractivity contribution in [3.05, 3.63) is 48.0 Å². The number of aromatic amines is 2. The molecule has 2 N–H and O–H groups in total. The summed E-state index contributed by atoms with van der Waals surface area (Å²) in [6.45, 7) is 0. The maximum absolute atomic E-state index is 4.08. The number of aromatic nitrogens is 6. The van der Waals surface area contributed by atoms with Crippen LogP contribution in [0, 0.1) is 0 Å². The van der Waals surface area contributed by atoms with Crippen LogP contribution in [0.5, 0.6) is 0 Å². The number of benzene rings is 1. The van der Waals surface area contributed by atoms with Gasteiger partial charge in [0.15, 0.2) is 10.3 Å². The largest absolute Gasteiger partial charge is 0.254 e. The Bertz CT molecular complexity index is 563. The lowest BCUT2D eigenvalue weighted by atomic mass is 10.2. The smallest absolute Gasteiger partial charge is 0.183 e. The van der Waals surface area contributed by atoms with Crippen molar-refractivity contribution in [3.63, 3.8) is 0 Å². The van der Waals surface area contributed by atoms with Crippen molar-refractivity contribution in [2.24, 2.45) is 0 Å². The molecular formula is C12H12N6S2. The zero-order valence-electron chi connectivity index (χ0n) is 10.5. The van der Waals surface area contributed by atoms with E-state index < -0.39 is 0 Å². The average molecular weight is 304 g/mol. The van der Waals surface area contributed by atoms with Crippen molar-refractivity contribution < 1.29 is 0 Å². The second-order valence-corrected chi connectivity index (χ2v) is 5.90. The number of nitrogens with one attached hydrogen (secondary N) is 2. The molecule has 0 bridgehead atoms. The fraction of sp³-hybridized carbons (Fsp3) is 0.167. The predicted octanol–water partition coefficient (Wildman–Crippen LogP) is 2.51. The fourth-order valence-corrected chi connectivity index (χ4v) is 3.03. The molecule has 0 amide bonds. The fourth-order valence-electron chi connectivity index (χ4n) is 1.56. The summed E-state index contributed by atoms with van der Waals surface area (Å²) in [5.74, 6) is 1.76. The molecule has 0 aliphatic heterocycles. The van der Waals surface area contributed by atoms with E-state index in [1.807, 2.05) is 0 Å². The Labute approximate surface area is 124 Å². The highest BCUT2D eigenvalue weighted by atomic mass is 32.2. The highest BCUT2D eigenvalue weighted by Crippen LogP contribution is 2.21. The molecule has 0 spiro atoms. The van der Waals surface area contributed by atoms with Crippen LogP contribution in [0.2, 0.25) is 0 Å². The minimum atomic E-state index is 0.843. The first-order valence-electron chi connectivity index (χ1n) is 5.94. The summed E-state index contributed by atoms with van der Waals surface area (Å²) < 4.78 is 0. The van der Waals surface area contributed by atoms with Gasteiger partial charge in [-0.25, -0.2) is 9.97 Å². The predicted molar refractivity (Wildman–Crippen MR) is 78.3 cm³/mol. The van der Waals surface area contributed by atoms with Crippen LogP contribution in [0.4, 0.5) is 0 Å². The Kier molecular flexibility index (Phi) is 4.34. The van der Waals surface area contributed by atoms with E-state index in [1.54, 1.807) is 23.5 Å². The Morgan fingerprint density at radius 1 is 0.750 bits per heavy atom. The molecule has 2 heterocycles. The minimum absolute atomic E-state index is 0.843. The molecule has 0 saturated heterocycles. The Balaban J connectivity index is 1.51. The highest BCUT2D eigenvalue weighted by Gasteiger charge is 2.01. The minimum Gasteiger partial charge on any atom is -0.254 e. The van der Waals surface area contributed by atoms with Gasteiger partial charge in [0.25, 0.3) is 0 Å². The third kappa shape index (κ3) is 3.61. The summed E-state index contributed by atoms with van der Waals surface area (Å²) in [4.78, 5) is 8.17. The van der Waals surface area contributed by atoms with E-state index in [9.17, 15) is 0 Å². The summed E-state index contributed by atoms with van der Waals surface area (Å²) in [5.41, 5.74) is 2.53. The number of hydrogen-bond acceptors (Lipinski definition) is 6. The van der Waals surface area contributed by atoms with Gasteiger partial charge in [-0.05, 0) is 11.1 Å². The molecule has 1 aromatic carbocycles. The topological polar surface area (TPSA) is 83.1 Å². The molecule has 0 aliphatic carbocycles. The van der Waals surface area contributed by atoms with Crippen LogP contribution in [0.3, 0.4) is 0 Å². The second-order valence-electron chi connectivity index (χ2n) is 3.98. The molecule has 0 aliphatic rings. The van der Waals surface area contributed by atoms with E-state index in [0.717, 1.165) is 21.8 Å². The first-order chi connectivity index (χ1) is 9.90. The van der Waals surface area contributed by atoms with Crippen LogP contribution >= 0.6 is 23.5 Å². The Hall–Kier alpha value is -1.80. The normalized spacial score (nSPS) is 10.8. The van der Waals surface area contributed by atoms with Gasteiger partial charge in [-0.1, -0.05) is 47.8 Å². The standard InChI is InChI=1S/C12H12N6S2/c1-2-10(6-20-12-14-8-16-18-12)4-3-9(1)5-19-11-13-7-15-17-11/h1-4,7-8H,5-6H2,(H,13,15,17)(H,14,16,18). The van der Waals surface area contributed by atoms with Gasteiger partial charge in [-0.3, -0.25) is 10.2 Å². The van der Waals surface area contributed by atoms with Crippen molar-refractivity contribution >= 4 is 23.5 Å². The van der Waals surface area contributed by atoms with E-state index in [2.05, 4.69) is 54.6 Å². The maximum Gasteiger partial charge on any atom is 0.183 e. The first-order valence-corrected chi connectivity index (χ1v) is 7.91. The van der Waals surface area contributed by atoms with Gasteiger partial charge in [0.05, 0.1) is 0 Å². The zero-order chi connectivity index (χ0) is 13.6. The molecule has 2 aromatic heterocycles. The van der Waals surface area contributed by atoms with E-state index in [-0.39, 0.29) is 0 Å². The Morgan fingerprint density at radius 2 is 1.20 bits per heavy atom. The summed E-state index contributed by atoms with van der Waals surface area (Å²) in [5, 5.41) is 15.0. The lowest BCUT2D eigenvalue weighted by Crippen LogP contribution is -1.86. The van der Waals surface area contributed by atoms with Crippen LogP contribution in [0.25, 0.3) is 0 Å². The Morgan fingerprint density at radius 3 is 1.55 bits per heavy atom. The van der Waals surface area contributed by atoms with Crippen molar-refractivity contribution in [2.45, 2.75) is 21.8 Å². The maximum atomic E-state index is 4.08. The summed E-state index contributed by atoms with van der Waals surface area (Å²) in [7, 11) is 0. The van der Waals surface area contributed by atoms with Crippen molar-refractivity contribution in [1.82, 2.24) is 30.4 Å². The summed E-state index contributed by atoms with van der Waals surface area (Å²) >= 11 is 3.28. The molecule has 3 aromatic rings. The van der Waals surface area contributed by atoms with E-state index in [1.165, 1.54) is 23.8 Å². The SMILES string of the molecule is c1n[nH]c(SCc2ccc(CSc3ncn[nH]3)cc2)n1. The first kappa shape index (κ1) is 13.2. The van der Waals surface area contributed by atoms with E-state index in [0.29, 0.717) is 0 Å². The molecule has 8 heteroatoms. The second kappa shape index (κ2) is 6.58. The van der Waals surface area contributed by atoms with E-state index in [4.69, 9.17) is 0 Å². The van der Waals surface area contributed by atoms with Crippen LogP contribution in [-0.2, 0) is 11.5 Å². The van der Waals surface area contributed by atoms with Gasteiger partial charge >= 0.3 is 0 Å².